The van der Waals surface area contributed by atoms with Gasteiger partial charge in [-0.3, -0.25) is 14.6 Å². The first kappa shape index (κ1) is 37.6. The molecular formula is C40H56ClN5O5S. The smallest absolute Gasteiger partial charge is 0.264 e. The number of nitrogens with one attached hydrogen (secondary N) is 2. The second-order valence-electron chi connectivity index (χ2n) is 15.8. The van der Waals surface area contributed by atoms with Gasteiger partial charge in [0.15, 0.2) is 0 Å². The van der Waals surface area contributed by atoms with Crippen molar-refractivity contribution in [2.45, 2.75) is 75.9 Å². The van der Waals surface area contributed by atoms with Gasteiger partial charge in [0, 0.05) is 82.6 Å². The number of methoxy groups -OCH3 is 1. The van der Waals surface area contributed by atoms with Crippen LogP contribution in [0.2, 0.25) is 5.02 Å². The van der Waals surface area contributed by atoms with Crippen molar-refractivity contribution in [3.8, 4) is 5.75 Å². The predicted molar refractivity (Wildman–Crippen MR) is 207 cm³/mol. The number of rotatable bonds is 3. The second kappa shape index (κ2) is 16.0. The Morgan fingerprint density at radius 1 is 1.02 bits per heavy atom. The number of allylic oxidation sites excluding steroid dienone is 1. The zero-order chi connectivity index (χ0) is 36.5. The molecule has 4 heterocycles. The number of hydrogen-bond acceptors (Lipinski definition) is 9. The number of hydrogen-bond donors (Lipinski definition) is 2. The first-order valence-electron chi connectivity index (χ1n) is 19.3. The Kier molecular flexibility index (Phi) is 11.6. The van der Waals surface area contributed by atoms with E-state index < -0.39 is 26.8 Å². The molecule has 52 heavy (non-hydrogen) atoms. The molecule has 7 rings (SSSR count). The van der Waals surface area contributed by atoms with Crippen LogP contribution in [-0.2, 0) is 27.8 Å². The van der Waals surface area contributed by atoms with Gasteiger partial charge >= 0.3 is 0 Å². The van der Waals surface area contributed by atoms with E-state index in [1.807, 2.05) is 44.4 Å². The fourth-order valence-electron chi connectivity index (χ4n) is 9.06. The first-order valence-corrected chi connectivity index (χ1v) is 21.2. The van der Waals surface area contributed by atoms with Gasteiger partial charge in [0.05, 0.1) is 10.9 Å². The van der Waals surface area contributed by atoms with Crippen LogP contribution in [0.25, 0.3) is 0 Å². The van der Waals surface area contributed by atoms with E-state index >= 15 is 0 Å². The normalized spacial score (nSPS) is 32.4. The van der Waals surface area contributed by atoms with Gasteiger partial charge < -0.3 is 19.7 Å². The van der Waals surface area contributed by atoms with Crippen LogP contribution in [0, 0.1) is 17.8 Å². The van der Waals surface area contributed by atoms with Gasteiger partial charge in [-0.2, -0.15) is 0 Å². The van der Waals surface area contributed by atoms with Crippen LogP contribution >= 0.6 is 11.6 Å². The molecule has 5 aliphatic rings. The average Bonchev–Trinajstić information content (AvgIpc) is 3.15. The molecule has 2 aromatic rings. The molecule has 2 saturated heterocycles. The van der Waals surface area contributed by atoms with E-state index in [9.17, 15) is 13.2 Å². The molecule has 3 fully saturated rings. The molecule has 1 amide bonds. The van der Waals surface area contributed by atoms with Gasteiger partial charge in [-0.15, -0.1) is 0 Å². The number of benzene rings is 2. The molecule has 0 radical (unpaired) electrons. The number of fused-ring (bicyclic) bond motifs is 4. The molecule has 284 valence electrons. The quantitative estimate of drug-likeness (QED) is 0.415. The highest BCUT2D eigenvalue weighted by atomic mass is 35.5. The van der Waals surface area contributed by atoms with Crippen LogP contribution < -0.4 is 19.7 Å². The van der Waals surface area contributed by atoms with Gasteiger partial charge in [-0.05, 0) is 105 Å². The minimum atomic E-state index is -3.95. The van der Waals surface area contributed by atoms with E-state index in [0.717, 1.165) is 107 Å². The van der Waals surface area contributed by atoms with Crippen molar-refractivity contribution >= 4 is 33.2 Å². The first-order chi connectivity index (χ1) is 25.0. The summed E-state index contributed by atoms with van der Waals surface area (Å²) in [7, 11) is -2.10. The maximum atomic E-state index is 13.6. The lowest BCUT2D eigenvalue weighted by atomic mass is 9.63. The predicted octanol–water partition coefficient (Wildman–Crippen LogP) is 5.11. The van der Waals surface area contributed by atoms with E-state index in [4.69, 9.17) is 21.1 Å². The zero-order valence-electron chi connectivity index (χ0n) is 31.0. The van der Waals surface area contributed by atoms with Gasteiger partial charge in [0.25, 0.3) is 5.91 Å². The van der Waals surface area contributed by atoms with Crippen LogP contribution in [0.5, 0.6) is 5.75 Å². The van der Waals surface area contributed by atoms with E-state index in [2.05, 4.69) is 36.9 Å². The Labute approximate surface area is 315 Å². The molecule has 2 N–H and O–H groups in total. The number of amides is 1. The number of aryl methyl sites for hydroxylation is 1. The molecule has 4 aliphatic heterocycles. The third-order valence-electron chi connectivity index (χ3n) is 12.7. The lowest BCUT2D eigenvalue weighted by Gasteiger charge is -2.53. The molecule has 1 aliphatic carbocycles. The lowest BCUT2D eigenvalue weighted by molar-refractivity contribution is -0.0994. The Balaban J connectivity index is 1.25. The van der Waals surface area contributed by atoms with Crippen molar-refractivity contribution < 1.29 is 22.7 Å². The van der Waals surface area contributed by atoms with Gasteiger partial charge in [0.1, 0.15) is 18.0 Å². The summed E-state index contributed by atoms with van der Waals surface area (Å²) in [6.45, 7) is 12.6. The van der Waals surface area contributed by atoms with Gasteiger partial charge in [-0.25, -0.2) is 13.1 Å². The summed E-state index contributed by atoms with van der Waals surface area (Å²) in [4.78, 5) is 21.2. The molecule has 12 heteroatoms. The third-order valence-corrected chi connectivity index (χ3v) is 14.8. The molecule has 0 aromatic heterocycles. The topological polar surface area (TPSA) is 103 Å². The number of piperazine rings is 2. The second-order valence-corrected chi connectivity index (χ2v) is 18.3. The fraction of sp³-hybridized carbons (Fsp3) is 0.625. The number of ether oxygens (including phenoxy) is 2. The summed E-state index contributed by atoms with van der Waals surface area (Å²) in [5.41, 5.74) is 2.89. The van der Waals surface area contributed by atoms with Crippen molar-refractivity contribution in [2.75, 3.05) is 70.9 Å². The van der Waals surface area contributed by atoms with Crippen LogP contribution in [0.15, 0.2) is 48.6 Å². The molecule has 0 unspecified atom stereocenters. The monoisotopic (exact) mass is 753 g/mol. The van der Waals surface area contributed by atoms with Crippen molar-refractivity contribution in [1.82, 2.24) is 19.8 Å². The summed E-state index contributed by atoms with van der Waals surface area (Å²) in [5, 5.41) is 3.53. The van der Waals surface area contributed by atoms with E-state index in [1.54, 1.807) is 13.0 Å². The number of carbonyl (C=O) groups is 1. The summed E-state index contributed by atoms with van der Waals surface area (Å²) in [5.74, 6) is 0.483. The molecule has 0 spiro atoms. The maximum Gasteiger partial charge on any atom is 0.264 e. The van der Waals surface area contributed by atoms with E-state index in [1.165, 1.54) is 5.56 Å². The van der Waals surface area contributed by atoms with Gasteiger partial charge in [-0.1, -0.05) is 36.7 Å². The van der Waals surface area contributed by atoms with Crippen LogP contribution in [0.1, 0.15) is 67.4 Å². The standard InChI is InChI=1S/C40H56ClN5O5S/c1-28-7-6-15-40(50-3,27-44-19-20-45-18-16-42-23-35(45)25-44)36-13-10-32(36)24-46-17-5-4-8-30-21-34(41)12-9-33(30)26-51-38-14-11-31(22-37(38)46)39(47)43-52(48,49)29(28)2/h6,9,11-12,14-15,21-22,28-29,32,35-36,42H,4-5,7-8,10,13,16-20,23-27H2,1-3H3,(H,43,47)/b15-6+/t28-,29+,32-,35-,36+,40+/m0/s1. The van der Waals surface area contributed by atoms with Crippen molar-refractivity contribution in [2.24, 2.45) is 17.8 Å². The molecule has 10 nitrogen and oxygen atoms in total. The SMILES string of the molecule is CO[C@@]1(CN2CCN3CCNC[C@H]3C2)/C=C/C[C@H](C)[C@@H](C)S(=O)(=O)NC(=O)c2ccc3c(c2)N(CCCCc2cc(Cl)ccc2CO3)C[C@@H]2CC[C@H]21. The Bertz CT molecular complexity index is 1740. The summed E-state index contributed by atoms with van der Waals surface area (Å²) in [6.07, 6.45) is 9.95. The van der Waals surface area contributed by atoms with Crippen LogP contribution in [0.3, 0.4) is 0 Å². The van der Waals surface area contributed by atoms with E-state index in [-0.39, 0.29) is 11.8 Å². The Hall–Kier alpha value is -2.67. The van der Waals surface area contributed by atoms with Crippen molar-refractivity contribution in [3.05, 3.63) is 70.3 Å². The summed E-state index contributed by atoms with van der Waals surface area (Å²) in [6, 6.07) is 11.8. The summed E-state index contributed by atoms with van der Waals surface area (Å²) >= 11 is 6.41. The lowest BCUT2D eigenvalue weighted by Crippen LogP contribution is -2.64. The summed E-state index contributed by atoms with van der Waals surface area (Å²) < 4.78 is 42.8. The minimum Gasteiger partial charge on any atom is -0.487 e. The average molecular weight is 754 g/mol. The van der Waals surface area contributed by atoms with Gasteiger partial charge in [0.2, 0.25) is 10.0 Å². The number of carbonyl (C=O) groups excluding carboxylic acids is 1. The Morgan fingerprint density at radius 2 is 1.88 bits per heavy atom. The molecule has 2 aromatic carbocycles. The highest BCUT2D eigenvalue weighted by molar-refractivity contribution is 7.90. The zero-order valence-corrected chi connectivity index (χ0v) is 32.6. The minimum absolute atomic E-state index is 0.216. The maximum absolute atomic E-state index is 13.6. The van der Waals surface area contributed by atoms with Crippen molar-refractivity contribution in [1.29, 1.82) is 0 Å². The molecular weight excluding hydrogens is 698 g/mol. The number of nitrogens with zero attached hydrogens (tertiary/aromatic N) is 3. The number of anilines is 1. The Morgan fingerprint density at radius 3 is 2.69 bits per heavy atom. The highest BCUT2D eigenvalue weighted by Gasteiger charge is 2.49. The fourth-order valence-corrected chi connectivity index (χ4v) is 10.5. The highest BCUT2D eigenvalue weighted by Crippen LogP contribution is 2.47. The largest absolute Gasteiger partial charge is 0.487 e. The van der Waals surface area contributed by atoms with Crippen molar-refractivity contribution in [3.63, 3.8) is 0 Å². The molecule has 2 bridgehead atoms. The third kappa shape index (κ3) is 8.05. The number of sulfonamides is 1. The number of halogens is 1. The molecule has 6 atom stereocenters. The van der Waals surface area contributed by atoms with E-state index in [0.29, 0.717) is 36.3 Å². The van der Waals surface area contributed by atoms with Crippen LogP contribution in [0.4, 0.5) is 5.69 Å². The molecule has 1 saturated carbocycles. The van der Waals surface area contributed by atoms with Crippen LogP contribution in [-0.4, -0.2) is 107 Å².